The minimum atomic E-state index is -4.62. The van der Waals surface area contributed by atoms with Crippen LogP contribution in [0.15, 0.2) is 12.2 Å². The first-order chi connectivity index (χ1) is 19.0. The summed E-state index contributed by atoms with van der Waals surface area (Å²) in [5.74, 6) is 0.0173. The summed E-state index contributed by atoms with van der Waals surface area (Å²) in [6.07, 6.45) is 41.0. The minimum Gasteiger partial charge on any atom is -0.726 e. The Morgan fingerprint density at radius 2 is 0.875 bits per heavy atom. The molecule has 0 aromatic heterocycles. The fourth-order valence-corrected chi connectivity index (χ4v) is 5.74. The zero-order valence-corrected chi connectivity index (χ0v) is 31.2. The molecule has 0 heterocycles. The molecule has 6 heteroatoms. The van der Waals surface area contributed by atoms with Crippen molar-refractivity contribution < 1.29 is 68.5 Å². The summed E-state index contributed by atoms with van der Waals surface area (Å²) >= 11 is 0. The summed E-state index contributed by atoms with van der Waals surface area (Å²) in [5.41, 5.74) is 0. The van der Waals surface area contributed by atoms with Crippen LogP contribution in [0.2, 0.25) is 0 Å². The molecule has 0 N–H and O–H groups in total. The first kappa shape index (κ1) is 43.4. The second-order valence-electron chi connectivity index (χ2n) is 11.9. The van der Waals surface area contributed by atoms with E-state index in [0.29, 0.717) is 0 Å². The number of hydrogen-bond donors (Lipinski definition) is 0. The Kier molecular flexibility index (Phi) is 37.7. The molecule has 0 fully saturated rings. The van der Waals surface area contributed by atoms with Crippen molar-refractivity contribution in [2.45, 2.75) is 194 Å². The van der Waals surface area contributed by atoms with Gasteiger partial charge in [-0.15, -0.1) is 0 Å². The van der Waals surface area contributed by atoms with Crippen LogP contribution in [0.1, 0.15) is 194 Å². The standard InChI is InChI=1S/C34H68O4S.K/c1-3-5-7-9-11-13-15-16-17-18-19-20-22-24-26-28-30-32-34(33-38-39(35,36)37)31-29-27-25-23-21-14-12-10-8-6-4-2;/h29,31,34H,3-28,30,32-33H2,1-2H3,(H,35,36,37);/q;+1/p-1/b31-29+;. The zero-order valence-electron chi connectivity index (χ0n) is 27.3. The fraction of sp³-hybridized carbons (Fsp3) is 0.941. The molecule has 0 amide bonds. The van der Waals surface area contributed by atoms with Crippen molar-refractivity contribution in [3.8, 4) is 0 Å². The predicted octanol–water partition coefficient (Wildman–Crippen LogP) is 8.60. The molecule has 0 aromatic carbocycles. The second-order valence-corrected chi connectivity index (χ2v) is 13.0. The first-order valence-corrected chi connectivity index (χ1v) is 18.6. The van der Waals surface area contributed by atoms with Crippen LogP contribution < -0.4 is 51.4 Å². The largest absolute Gasteiger partial charge is 1.00 e. The van der Waals surface area contributed by atoms with E-state index in [1.54, 1.807) is 0 Å². The van der Waals surface area contributed by atoms with E-state index in [-0.39, 0.29) is 63.9 Å². The molecule has 0 rings (SSSR count). The van der Waals surface area contributed by atoms with Crippen molar-refractivity contribution in [2.24, 2.45) is 5.92 Å². The third-order valence-corrected chi connectivity index (χ3v) is 8.41. The van der Waals surface area contributed by atoms with Crippen LogP contribution in [0.4, 0.5) is 0 Å². The summed E-state index contributed by atoms with van der Waals surface area (Å²) in [6, 6.07) is 0. The van der Waals surface area contributed by atoms with E-state index in [0.717, 1.165) is 19.3 Å². The van der Waals surface area contributed by atoms with Crippen molar-refractivity contribution in [1.82, 2.24) is 0 Å². The minimum absolute atomic E-state index is 0. The van der Waals surface area contributed by atoms with Gasteiger partial charge >= 0.3 is 51.4 Å². The SMILES string of the molecule is CCCCCCCCCCC/C=C/C(CCCCCCCCCCCCCCCCCCC)COS(=O)(=O)[O-].[K+]. The molecule has 0 aromatic rings. The van der Waals surface area contributed by atoms with Gasteiger partial charge in [0.15, 0.2) is 0 Å². The van der Waals surface area contributed by atoms with Gasteiger partial charge in [0.2, 0.25) is 10.4 Å². The van der Waals surface area contributed by atoms with Gasteiger partial charge in [-0.05, 0) is 19.3 Å². The van der Waals surface area contributed by atoms with Crippen molar-refractivity contribution in [3.05, 3.63) is 12.2 Å². The summed E-state index contributed by atoms with van der Waals surface area (Å²) in [7, 11) is -4.62. The van der Waals surface area contributed by atoms with Crippen LogP contribution in [0.5, 0.6) is 0 Å². The normalized spacial score (nSPS) is 12.7. The van der Waals surface area contributed by atoms with Gasteiger partial charge in [0, 0.05) is 5.92 Å². The van der Waals surface area contributed by atoms with E-state index >= 15 is 0 Å². The summed E-state index contributed by atoms with van der Waals surface area (Å²) in [6.45, 7) is 4.52. The molecule has 0 saturated carbocycles. The molecule has 0 bridgehead atoms. The Balaban J connectivity index is 0. The van der Waals surface area contributed by atoms with Crippen molar-refractivity contribution in [2.75, 3.05) is 6.61 Å². The third kappa shape index (κ3) is 37.3. The number of unbranched alkanes of at least 4 members (excludes halogenated alkanes) is 25. The van der Waals surface area contributed by atoms with E-state index in [1.165, 1.54) is 161 Å². The smallest absolute Gasteiger partial charge is 0.726 e. The van der Waals surface area contributed by atoms with E-state index in [2.05, 4.69) is 30.2 Å². The maximum atomic E-state index is 10.9. The fourth-order valence-electron chi connectivity index (χ4n) is 5.40. The van der Waals surface area contributed by atoms with Crippen LogP contribution >= 0.6 is 0 Å². The van der Waals surface area contributed by atoms with E-state index in [9.17, 15) is 13.0 Å². The van der Waals surface area contributed by atoms with Gasteiger partial charge in [-0.1, -0.05) is 187 Å². The summed E-state index contributed by atoms with van der Waals surface area (Å²) in [4.78, 5) is 0. The quantitative estimate of drug-likeness (QED) is 0.0251. The molecular formula is C34H67KO4S. The van der Waals surface area contributed by atoms with Crippen molar-refractivity contribution in [3.63, 3.8) is 0 Å². The second kappa shape index (κ2) is 34.7. The molecule has 0 saturated heterocycles. The first-order valence-electron chi connectivity index (χ1n) is 17.3. The number of rotatable bonds is 32. The van der Waals surface area contributed by atoms with Gasteiger partial charge in [-0.3, -0.25) is 4.18 Å². The molecule has 234 valence electrons. The van der Waals surface area contributed by atoms with Crippen LogP contribution in [-0.2, 0) is 14.6 Å². The molecule has 1 unspecified atom stereocenters. The topological polar surface area (TPSA) is 66.4 Å². The van der Waals surface area contributed by atoms with Crippen LogP contribution in [0.3, 0.4) is 0 Å². The van der Waals surface area contributed by atoms with Crippen LogP contribution in [0.25, 0.3) is 0 Å². The van der Waals surface area contributed by atoms with Gasteiger partial charge in [-0.25, -0.2) is 8.42 Å². The van der Waals surface area contributed by atoms with E-state index in [1.807, 2.05) is 0 Å². The summed E-state index contributed by atoms with van der Waals surface area (Å²) < 4.78 is 37.4. The van der Waals surface area contributed by atoms with E-state index in [4.69, 9.17) is 0 Å². The average molecular weight is 611 g/mol. The number of allylic oxidation sites excluding steroid dienone is 1. The van der Waals surface area contributed by atoms with Gasteiger partial charge in [-0.2, -0.15) is 0 Å². The van der Waals surface area contributed by atoms with Gasteiger partial charge < -0.3 is 4.55 Å². The molecule has 0 aliphatic rings. The molecule has 0 spiro atoms. The molecule has 0 aliphatic heterocycles. The van der Waals surface area contributed by atoms with Crippen LogP contribution in [-0.4, -0.2) is 19.6 Å². The van der Waals surface area contributed by atoms with Gasteiger partial charge in [0.1, 0.15) is 0 Å². The zero-order chi connectivity index (χ0) is 28.7. The van der Waals surface area contributed by atoms with Crippen LogP contribution in [0, 0.1) is 5.92 Å². The Morgan fingerprint density at radius 3 is 1.23 bits per heavy atom. The Bertz CT molecular complexity index is 609. The number of hydrogen-bond acceptors (Lipinski definition) is 4. The molecule has 0 radical (unpaired) electrons. The molecule has 4 nitrogen and oxygen atoms in total. The van der Waals surface area contributed by atoms with Crippen molar-refractivity contribution >= 4 is 10.4 Å². The third-order valence-electron chi connectivity index (χ3n) is 7.99. The van der Waals surface area contributed by atoms with E-state index < -0.39 is 10.4 Å². The monoisotopic (exact) mass is 610 g/mol. The molecule has 40 heavy (non-hydrogen) atoms. The maximum absolute atomic E-state index is 10.9. The maximum Gasteiger partial charge on any atom is 1.00 e. The molecule has 0 aliphatic carbocycles. The Morgan fingerprint density at radius 1 is 0.550 bits per heavy atom. The average Bonchev–Trinajstić information content (AvgIpc) is 2.91. The summed E-state index contributed by atoms with van der Waals surface area (Å²) in [5, 5.41) is 0. The Hall–Kier alpha value is 1.25. The van der Waals surface area contributed by atoms with Gasteiger partial charge in [0.25, 0.3) is 0 Å². The molecular weight excluding hydrogens is 544 g/mol. The Labute approximate surface area is 294 Å². The molecule has 1 atom stereocenters. The van der Waals surface area contributed by atoms with Gasteiger partial charge in [0.05, 0.1) is 6.61 Å². The predicted molar refractivity (Wildman–Crippen MR) is 169 cm³/mol. The van der Waals surface area contributed by atoms with Crippen molar-refractivity contribution in [1.29, 1.82) is 0 Å².